The van der Waals surface area contributed by atoms with Gasteiger partial charge in [0.1, 0.15) is 11.5 Å². The number of aromatic nitrogens is 4. The van der Waals surface area contributed by atoms with Crippen molar-refractivity contribution in [3.8, 4) is 11.4 Å². The molecule has 0 saturated heterocycles. The van der Waals surface area contributed by atoms with E-state index >= 15 is 0 Å². The minimum atomic E-state index is -3.72. The van der Waals surface area contributed by atoms with Gasteiger partial charge in [0.2, 0.25) is 16.0 Å². The minimum absolute atomic E-state index is 0.0424. The van der Waals surface area contributed by atoms with Crippen molar-refractivity contribution in [2.45, 2.75) is 11.8 Å². The number of aryl methyl sites for hydroxylation is 1. The van der Waals surface area contributed by atoms with Crippen LogP contribution < -0.4 is 10.5 Å². The molecule has 3 N–H and O–H groups in total. The molecule has 10 heteroatoms. The van der Waals surface area contributed by atoms with E-state index in [1.165, 1.54) is 12.1 Å². The molecule has 130 valence electrons. The zero-order chi connectivity index (χ0) is 18.2. The first-order chi connectivity index (χ1) is 11.8. The van der Waals surface area contributed by atoms with E-state index in [2.05, 4.69) is 36.2 Å². The second-order valence-electron chi connectivity index (χ2n) is 5.33. The van der Waals surface area contributed by atoms with Crippen LogP contribution in [0.4, 0.5) is 11.6 Å². The van der Waals surface area contributed by atoms with Crippen LogP contribution in [0.3, 0.4) is 0 Å². The third-order valence-electron chi connectivity index (χ3n) is 3.65. The smallest absolute Gasteiger partial charge is 0.238 e. The van der Waals surface area contributed by atoms with Gasteiger partial charge < -0.3 is 9.88 Å². The van der Waals surface area contributed by atoms with Crippen LogP contribution >= 0.6 is 15.9 Å². The summed E-state index contributed by atoms with van der Waals surface area (Å²) in [4.78, 5) is 13.1. The highest BCUT2D eigenvalue weighted by atomic mass is 79.9. The lowest BCUT2D eigenvalue weighted by Gasteiger charge is -2.09. The SMILES string of the molecule is Cc1ncc(-c2nc(Nc3ccc(S(N)(=O)=O)cc3)ncc2Br)n1C. The van der Waals surface area contributed by atoms with Crippen molar-refractivity contribution < 1.29 is 8.42 Å². The van der Waals surface area contributed by atoms with E-state index in [4.69, 9.17) is 5.14 Å². The van der Waals surface area contributed by atoms with Crippen LogP contribution in [0.5, 0.6) is 0 Å². The number of benzene rings is 1. The molecule has 2 aromatic heterocycles. The van der Waals surface area contributed by atoms with Crippen LogP contribution in [0.15, 0.2) is 46.0 Å². The normalized spacial score (nSPS) is 11.5. The standard InChI is InChI=1S/C15H15BrN6O2S/c1-9-18-8-13(22(9)2)14-12(16)7-19-15(21-14)20-10-3-5-11(6-4-10)25(17,23)24/h3-8H,1-2H3,(H2,17,23,24)(H,19,20,21). The second kappa shape index (κ2) is 6.54. The summed E-state index contributed by atoms with van der Waals surface area (Å²) in [5.41, 5.74) is 2.18. The van der Waals surface area contributed by atoms with E-state index < -0.39 is 10.0 Å². The van der Waals surface area contributed by atoms with Gasteiger partial charge in [-0.05, 0) is 47.1 Å². The molecule has 3 aromatic rings. The maximum absolute atomic E-state index is 11.3. The topological polar surface area (TPSA) is 116 Å². The predicted octanol–water partition coefficient (Wildman–Crippen LogP) is 2.34. The zero-order valence-electron chi connectivity index (χ0n) is 13.4. The van der Waals surface area contributed by atoms with Crippen LogP contribution in [0, 0.1) is 6.92 Å². The van der Waals surface area contributed by atoms with Crippen molar-refractivity contribution in [2.75, 3.05) is 5.32 Å². The van der Waals surface area contributed by atoms with Gasteiger partial charge in [-0.1, -0.05) is 0 Å². The lowest BCUT2D eigenvalue weighted by molar-refractivity contribution is 0.598. The summed E-state index contributed by atoms with van der Waals surface area (Å²) in [6.07, 6.45) is 3.39. The first-order valence-electron chi connectivity index (χ1n) is 7.17. The molecule has 2 heterocycles. The lowest BCUT2D eigenvalue weighted by atomic mass is 10.3. The fraction of sp³-hybridized carbons (Fsp3) is 0.133. The summed E-state index contributed by atoms with van der Waals surface area (Å²) in [5.74, 6) is 1.24. The minimum Gasteiger partial charge on any atom is -0.330 e. The largest absolute Gasteiger partial charge is 0.330 e. The molecule has 8 nitrogen and oxygen atoms in total. The van der Waals surface area contributed by atoms with Gasteiger partial charge in [-0.2, -0.15) is 0 Å². The third kappa shape index (κ3) is 3.70. The molecular formula is C15H15BrN6O2S. The Morgan fingerprint density at radius 2 is 1.84 bits per heavy atom. The Morgan fingerprint density at radius 1 is 1.16 bits per heavy atom. The molecule has 0 aliphatic heterocycles. The number of anilines is 2. The molecule has 25 heavy (non-hydrogen) atoms. The Labute approximate surface area is 153 Å². The molecule has 0 aliphatic carbocycles. The van der Waals surface area contributed by atoms with Crippen molar-refractivity contribution in [2.24, 2.45) is 12.2 Å². The van der Waals surface area contributed by atoms with Crippen LogP contribution in [-0.4, -0.2) is 27.9 Å². The third-order valence-corrected chi connectivity index (χ3v) is 5.16. The molecule has 0 unspecified atom stereocenters. The van der Waals surface area contributed by atoms with E-state index in [-0.39, 0.29) is 4.90 Å². The number of hydrogen-bond acceptors (Lipinski definition) is 6. The molecule has 0 fully saturated rings. The van der Waals surface area contributed by atoms with Crippen molar-refractivity contribution in [1.82, 2.24) is 19.5 Å². The van der Waals surface area contributed by atoms with E-state index in [0.717, 1.165) is 16.0 Å². The molecule has 1 aromatic carbocycles. The first kappa shape index (κ1) is 17.5. The monoisotopic (exact) mass is 422 g/mol. The molecule has 0 saturated carbocycles. The van der Waals surface area contributed by atoms with E-state index in [1.54, 1.807) is 24.5 Å². The number of rotatable bonds is 4. The Bertz CT molecular complexity index is 1030. The van der Waals surface area contributed by atoms with Gasteiger partial charge in [-0.15, -0.1) is 0 Å². The highest BCUT2D eigenvalue weighted by Crippen LogP contribution is 2.27. The van der Waals surface area contributed by atoms with E-state index in [0.29, 0.717) is 17.3 Å². The van der Waals surface area contributed by atoms with Gasteiger partial charge in [0.25, 0.3) is 0 Å². The number of halogens is 1. The maximum Gasteiger partial charge on any atom is 0.238 e. The Kier molecular flexibility index (Phi) is 4.58. The average Bonchev–Trinajstić information content (AvgIpc) is 2.88. The Balaban J connectivity index is 1.92. The number of hydrogen-bond donors (Lipinski definition) is 2. The summed E-state index contributed by atoms with van der Waals surface area (Å²) < 4.78 is 25.3. The van der Waals surface area contributed by atoms with Gasteiger partial charge in [0.15, 0.2) is 0 Å². The molecule has 0 radical (unpaired) electrons. The van der Waals surface area contributed by atoms with Gasteiger partial charge >= 0.3 is 0 Å². The summed E-state index contributed by atoms with van der Waals surface area (Å²) in [6, 6.07) is 6.03. The van der Waals surface area contributed by atoms with Gasteiger partial charge in [0, 0.05) is 18.9 Å². The predicted molar refractivity (Wildman–Crippen MR) is 97.8 cm³/mol. The highest BCUT2D eigenvalue weighted by molar-refractivity contribution is 9.10. The van der Waals surface area contributed by atoms with Gasteiger partial charge in [-0.25, -0.2) is 28.5 Å². The molecule has 0 amide bonds. The Hall–Kier alpha value is -2.30. The van der Waals surface area contributed by atoms with E-state index in [1.807, 2.05) is 18.5 Å². The number of nitrogens with two attached hydrogens (primary N) is 1. The second-order valence-corrected chi connectivity index (χ2v) is 7.75. The molecule has 0 spiro atoms. The first-order valence-corrected chi connectivity index (χ1v) is 9.51. The number of imidazole rings is 1. The van der Waals surface area contributed by atoms with Gasteiger partial charge in [0.05, 0.1) is 21.3 Å². The summed E-state index contributed by atoms with van der Waals surface area (Å²) in [7, 11) is -1.81. The van der Waals surface area contributed by atoms with E-state index in [9.17, 15) is 8.42 Å². The molecule has 3 rings (SSSR count). The van der Waals surface area contributed by atoms with Crippen molar-refractivity contribution in [3.05, 3.63) is 47.0 Å². The van der Waals surface area contributed by atoms with Crippen LogP contribution in [-0.2, 0) is 17.1 Å². The number of nitrogens with one attached hydrogen (secondary N) is 1. The zero-order valence-corrected chi connectivity index (χ0v) is 15.8. The fourth-order valence-corrected chi connectivity index (χ4v) is 3.10. The number of sulfonamides is 1. The maximum atomic E-state index is 11.3. The quantitative estimate of drug-likeness (QED) is 0.666. The lowest BCUT2D eigenvalue weighted by Crippen LogP contribution is -2.11. The Morgan fingerprint density at radius 3 is 2.40 bits per heavy atom. The van der Waals surface area contributed by atoms with Crippen molar-refractivity contribution >= 4 is 37.6 Å². The molecule has 0 bridgehead atoms. The number of primary sulfonamides is 1. The summed E-state index contributed by atoms with van der Waals surface area (Å²) >= 11 is 3.45. The summed E-state index contributed by atoms with van der Waals surface area (Å²) in [6.45, 7) is 1.91. The molecule has 0 atom stereocenters. The number of nitrogens with zero attached hydrogens (tertiary/aromatic N) is 4. The molecule has 0 aliphatic rings. The highest BCUT2D eigenvalue weighted by Gasteiger charge is 2.13. The van der Waals surface area contributed by atoms with Crippen LogP contribution in [0.1, 0.15) is 5.82 Å². The van der Waals surface area contributed by atoms with Crippen molar-refractivity contribution in [1.29, 1.82) is 0 Å². The van der Waals surface area contributed by atoms with Gasteiger partial charge in [-0.3, -0.25) is 0 Å². The van der Waals surface area contributed by atoms with Crippen molar-refractivity contribution in [3.63, 3.8) is 0 Å². The fourth-order valence-electron chi connectivity index (χ4n) is 2.19. The van der Waals surface area contributed by atoms with Crippen LogP contribution in [0.25, 0.3) is 11.4 Å². The van der Waals surface area contributed by atoms with Crippen LogP contribution in [0.2, 0.25) is 0 Å². The molecular weight excluding hydrogens is 408 g/mol. The average molecular weight is 423 g/mol. The summed E-state index contributed by atoms with van der Waals surface area (Å²) in [5, 5.41) is 8.13.